The number of amides is 2. The molecule has 0 aliphatic heterocycles. The maximum absolute atomic E-state index is 13.5. The Bertz CT molecular complexity index is 1270. The molecule has 3 N–H and O–H groups in total. The van der Waals surface area contributed by atoms with Gasteiger partial charge in [-0.3, -0.25) is 9.59 Å². The predicted molar refractivity (Wildman–Crippen MR) is 159 cm³/mol. The van der Waals surface area contributed by atoms with E-state index in [4.69, 9.17) is 0 Å². The number of halogens is 1. The first-order chi connectivity index (χ1) is 19.7. The Morgan fingerprint density at radius 2 is 2.05 bits per heavy atom. The van der Waals surface area contributed by atoms with E-state index >= 15 is 0 Å². The summed E-state index contributed by atoms with van der Waals surface area (Å²) in [5, 5.41) is 9.41. The minimum atomic E-state index is -0.591. The fraction of sp³-hybridized carbons (Fsp3) is 0.500. The molecule has 3 atom stereocenters. The maximum Gasteiger partial charge on any atom is 0.246 e. The highest BCUT2D eigenvalue weighted by Gasteiger charge is 2.26. The lowest BCUT2D eigenvalue weighted by molar-refractivity contribution is -0.135. The number of carbonyl (C=O) groups is 2. The second kappa shape index (κ2) is 15.7. The van der Waals surface area contributed by atoms with Crippen LogP contribution in [0.5, 0.6) is 0 Å². The van der Waals surface area contributed by atoms with Crippen molar-refractivity contribution in [2.24, 2.45) is 5.92 Å². The summed E-state index contributed by atoms with van der Waals surface area (Å²) in [4.78, 5) is 41.3. The van der Waals surface area contributed by atoms with Gasteiger partial charge >= 0.3 is 0 Å². The molecule has 0 saturated heterocycles. The first kappa shape index (κ1) is 31.5. The smallest absolute Gasteiger partial charge is 0.246 e. The number of nitrogens with zero attached hydrogens (tertiary/aromatic N) is 5. The van der Waals surface area contributed by atoms with Crippen LogP contribution in [0.2, 0.25) is 0 Å². The number of pyridine rings is 1. The Hall–Kier alpha value is -4.04. The van der Waals surface area contributed by atoms with Gasteiger partial charge in [-0.15, -0.1) is 0 Å². The summed E-state index contributed by atoms with van der Waals surface area (Å²) < 4.78 is 13.5. The Morgan fingerprint density at radius 1 is 1.24 bits per heavy atom. The topological polar surface area (TPSA) is 115 Å². The molecule has 3 rings (SSSR count). The van der Waals surface area contributed by atoms with Crippen molar-refractivity contribution in [1.29, 1.82) is 0 Å². The van der Waals surface area contributed by atoms with Crippen molar-refractivity contribution in [3.63, 3.8) is 0 Å². The highest BCUT2D eigenvalue weighted by molar-refractivity contribution is 5.92. The van der Waals surface area contributed by atoms with Gasteiger partial charge in [0.15, 0.2) is 0 Å². The van der Waals surface area contributed by atoms with Crippen molar-refractivity contribution >= 4 is 29.3 Å². The van der Waals surface area contributed by atoms with E-state index in [0.29, 0.717) is 36.1 Å². The molecule has 10 nitrogen and oxygen atoms in total. The number of rotatable bonds is 11. The van der Waals surface area contributed by atoms with Gasteiger partial charge in [0, 0.05) is 56.1 Å². The van der Waals surface area contributed by atoms with Crippen LogP contribution in [-0.4, -0.2) is 82.9 Å². The highest BCUT2D eigenvalue weighted by Crippen LogP contribution is 2.25. The molecule has 0 radical (unpaired) electrons. The summed E-state index contributed by atoms with van der Waals surface area (Å²) in [6, 6.07) is 2.32. The molecule has 2 aromatic rings. The molecule has 1 saturated carbocycles. The van der Waals surface area contributed by atoms with Crippen LogP contribution in [0.1, 0.15) is 51.5 Å². The van der Waals surface area contributed by atoms with Crippen molar-refractivity contribution in [2.45, 2.75) is 58.0 Å². The summed E-state index contributed by atoms with van der Waals surface area (Å²) in [6.45, 7) is 5.17. The Morgan fingerprint density at radius 3 is 2.78 bits per heavy atom. The zero-order valence-electron chi connectivity index (χ0n) is 24.6. The SMILES string of the molecule is CCCNc1nc(Nc2ccnc(F)c2)ncc1C#C[C@@H]1CCC[C@H](NC(=O)[C@H](C)N(C)C(=O)/C=C/CN(C)C)C1. The van der Waals surface area contributed by atoms with Crippen molar-refractivity contribution in [2.75, 3.05) is 44.9 Å². The average molecular weight is 565 g/mol. The largest absolute Gasteiger partial charge is 0.369 e. The van der Waals surface area contributed by atoms with E-state index in [-0.39, 0.29) is 23.8 Å². The van der Waals surface area contributed by atoms with E-state index in [1.165, 1.54) is 23.2 Å². The predicted octanol–water partition coefficient (Wildman–Crippen LogP) is 3.57. The van der Waals surface area contributed by atoms with E-state index in [2.05, 4.69) is 49.7 Å². The Kier molecular flexibility index (Phi) is 12.0. The van der Waals surface area contributed by atoms with Crippen LogP contribution >= 0.6 is 0 Å². The summed E-state index contributed by atoms with van der Waals surface area (Å²) in [6.07, 6.45) is 10.7. The zero-order chi connectivity index (χ0) is 29.8. The molecule has 1 aliphatic carbocycles. The molecule has 0 aromatic carbocycles. The van der Waals surface area contributed by atoms with E-state index in [9.17, 15) is 14.0 Å². The van der Waals surface area contributed by atoms with Crippen LogP contribution in [0.3, 0.4) is 0 Å². The lowest BCUT2D eigenvalue weighted by Gasteiger charge is -2.30. The van der Waals surface area contributed by atoms with E-state index < -0.39 is 12.0 Å². The fourth-order valence-corrected chi connectivity index (χ4v) is 4.32. The van der Waals surface area contributed by atoms with Crippen molar-refractivity contribution in [3.05, 3.63) is 48.2 Å². The molecule has 41 heavy (non-hydrogen) atoms. The molecule has 2 amide bonds. The minimum Gasteiger partial charge on any atom is -0.369 e. The van der Waals surface area contributed by atoms with Crippen molar-refractivity contribution in [1.82, 2.24) is 30.1 Å². The second-order valence-electron chi connectivity index (χ2n) is 10.5. The molecule has 220 valence electrons. The number of anilines is 3. The van der Waals surface area contributed by atoms with Crippen molar-refractivity contribution < 1.29 is 14.0 Å². The molecule has 1 fully saturated rings. The van der Waals surface area contributed by atoms with Gasteiger partial charge in [-0.05, 0) is 52.8 Å². The number of hydrogen-bond donors (Lipinski definition) is 3. The Labute approximate surface area is 242 Å². The maximum atomic E-state index is 13.5. The average Bonchev–Trinajstić information content (AvgIpc) is 2.94. The summed E-state index contributed by atoms with van der Waals surface area (Å²) in [7, 11) is 5.49. The number of aromatic nitrogens is 3. The van der Waals surface area contributed by atoms with Crippen LogP contribution < -0.4 is 16.0 Å². The van der Waals surface area contributed by atoms with Gasteiger partial charge in [0.25, 0.3) is 0 Å². The number of likely N-dealkylation sites (N-methyl/N-ethyl adjacent to an activating group) is 2. The third-order valence-electron chi connectivity index (χ3n) is 6.78. The lowest BCUT2D eigenvalue weighted by Crippen LogP contribution is -2.49. The Balaban J connectivity index is 1.62. The minimum absolute atomic E-state index is 0.00736. The third-order valence-corrected chi connectivity index (χ3v) is 6.78. The molecule has 2 heterocycles. The normalized spacial score (nSPS) is 17.4. The fourth-order valence-electron chi connectivity index (χ4n) is 4.32. The molecule has 2 aromatic heterocycles. The molecular formula is C30H41FN8O2. The van der Waals surface area contributed by atoms with E-state index in [1.54, 1.807) is 32.3 Å². The van der Waals surface area contributed by atoms with Gasteiger partial charge < -0.3 is 25.8 Å². The first-order valence-corrected chi connectivity index (χ1v) is 14.1. The van der Waals surface area contributed by atoms with Gasteiger partial charge in [0.1, 0.15) is 11.9 Å². The molecule has 1 aliphatic rings. The molecule has 0 bridgehead atoms. The van der Waals surface area contributed by atoms with Crippen LogP contribution in [0, 0.1) is 23.7 Å². The van der Waals surface area contributed by atoms with E-state index in [1.807, 2.05) is 19.0 Å². The standard InChI is InChI=1S/C30H41FN8O2/c1-6-15-33-28-23(20-34-30(37-28)36-25-14-16-32-26(31)19-25)13-12-22-9-7-10-24(18-22)35-29(41)21(2)39(5)27(40)11-8-17-38(3)4/h8,11,14,16,19-22,24H,6-7,9-10,15,17-18H2,1-5H3,(H,35,41)(H2,32,33,34,36,37)/b11-8+/t21-,22-,24-/m0/s1. The monoisotopic (exact) mass is 564 g/mol. The van der Waals surface area contributed by atoms with Crippen LogP contribution in [0.15, 0.2) is 36.7 Å². The van der Waals surface area contributed by atoms with Crippen LogP contribution in [0.4, 0.5) is 21.8 Å². The van der Waals surface area contributed by atoms with Crippen LogP contribution in [-0.2, 0) is 9.59 Å². The van der Waals surface area contributed by atoms with Crippen LogP contribution in [0.25, 0.3) is 0 Å². The third kappa shape index (κ3) is 10.1. The molecule has 11 heteroatoms. The molecule has 0 unspecified atom stereocenters. The van der Waals surface area contributed by atoms with Crippen molar-refractivity contribution in [3.8, 4) is 11.8 Å². The lowest BCUT2D eigenvalue weighted by atomic mass is 9.86. The first-order valence-electron chi connectivity index (χ1n) is 14.1. The number of carbonyl (C=O) groups excluding carboxylic acids is 2. The van der Waals surface area contributed by atoms with Gasteiger partial charge in [-0.25, -0.2) is 9.97 Å². The number of nitrogens with one attached hydrogen (secondary N) is 3. The zero-order valence-corrected chi connectivity index (χ0v) is 24.6. The molecular weight excluding hydrogens is 523 g/mol. The highest BCUT2D eigenvalue weighted by atomic mass is 19.1. The molecule has 0 spiro atoms. The van der Waals surface area contributed by atoms with Gasteiger partial charge in [-0.1, -0.05) is 31.3 Å². The number of hydrogen-bond acceptors (Lipinski definition) is 8. The summed E-state index contributed by atoms with van der Waals surface area (Å²) >= 11 is 0. The van der Waals surface area contributed by atoms with Gasteiger partial charge in [-0.2, -0.15) is 9.37 Å². The van der Waals surface area contributed by atoms with E-state index in [0.717, 1.165) is 32.1 Å². The second-order valence-corrected chi connectivity index (χ2v) is 10.5. The quantitative estimate of drug-likeness (QED) is 0.216. The van der Waals surface area contributed by atoms with Gasteiger partial charge in [0.2, 0.25) is 23.7 Å². The van der Waals surface area contributed by atoms with Gasteiger partial charge in [0.05, 0.1) is 11.8 Å². The summed E-state index contributed by atoms with van der Waals surface area (Å²) in [5.41, 5.74) is 1.17. The summed E-state index contributed by atoms with van der Waals surface area (Å²) in [5.74, 6) is 6.67.